The van der Waals surface area contributed by atoms with Gasteiger partial charge in [-0.1, -0.05) is 76.4 Å². The van der Waals surface area contributed by atoms with Gasteiger partial charge in [0.1, 0.15) is 6.10 Å². The molecule has 3 nitrogen and oxygen atoms in total. The Labute approximate surface area is 148 Å². The molecule has 1 N–H and O–H groups in total. The average Bonchev–Trinajstić information content (AvgIpc) is 2.52. The predicted molar refractivity (Wildman–Crippen MR) is 99.9 cm³/mol. The fraction of sp³-hybridized carbons (Fsp3) is 0.857. The first kappa shape index (κ1) is 21.2. The van der Waals surface area contributed by atoms with E-state index in [1.54, 1.807) is 0 Å². The average molecular weight is 339 g/mol. The van der Waals surface area contributed by atoms with Crippen molar-refractivity contribution in [2.75, 3.05) is 0 Å². The van der Waals surface area contributed by atoms with Crippen LogP contribution in [0.5, 0.6) is 0 Å². The maximum Gasteiger partial charge on any atom is 0.313 e. The lowest BCUT2D eigenvalue weighted by atomic mass is 9.88. The van der Waals surface area contributed by atoms with Crippen LogP contribution in [0.25, 0.3) is 0 Å². The zero-order chi connectivity index (χ0) is 17.8. The molecule has 0 amide bonds. The predicted octanol–water partition coefficient (Wildman–Crippen LogP) is 5.56. The van der Waals surface area contributed by atoms with E-state index in [1.165, 1.54) is 56.9 Å². The highest BCUT2D eigenvalue weighted by Gasteiger charge is 2.42. The van der Waals surface area contributed by atoms with Gasteiger partial charge in [-0.25, -0.2) is 0 Å². The largest absolute Gasteiger partial charge is 0.461 e. The quantitative estimate of drug-likeness (QED) is 0.256. The minimum Gasteiger partial charge on any atom is -0.461 e. The summed E-state index contributed by atoms with van der Waals surface area (Å²) in [5.74, 6) is -0.148. The third-order valence-corrected chi connectivity index (χ3v) is 4.94. The van der Waals surface area contributed by atoms with E-state index in [9.17, 15) is 9.90 Å². The molecule has 1 aliphatic heterocycles. The summed E-state index contributed by atoms with van der Waals surface area (Å²) < 4.78 is 5.22. The summed E-state index contributed by atoms with van der Waals surface area (Å²) >= 11 is 0. The van der Waals surface area contributed by atoms with E-state index in [0.29, 0.717) is 6.42 Å². The maximum absolute atomic E-state index is 11.5. The van der Waals surface area contributed by atoms with E-state index in [1.807, 2.05) is 13.8 Å². The highest BCUT2D eigenvalue weighted by atomic mass is 16.6. The summed E-state index contributed by atoms with van der Waals surface area (Å²) in [5, 5.41) is 10.2. The van der Waals surface area contributed by atoms with Crippen LogP contribution in [0.15, 0.2) is 11.6 Å². The number of esters is 1. The Morgan fingerprint density at radius 2 is 1.67 bits per heavy atom. The highest BCUT2D eigenvalue weighted by molar-refractivity contribution is 5.78. The minimum atomic E-state index is -0.332. The summed E-state index contributed by atoms with van der Waals surface area (Å²) in [6, 6.07) is 0. The Kier molecular flexibility index (Phi) is 11.1. The molecule has 0 aromatic carbocycles. The molecule has 0 radical (unpaired) electrons. The molecule has 24 heavy (non-hydrogen) atoms. The lowest BCUT2D eigenvalue weighted by molar-refractivity contribution is -0.187. The van der Waals surface area contributed by atoms with Crippen molar-refractivity contribution < 1.29 is 14.6 Å². The molecule has 1 heterocycles. The second-order valence-corrected chi connectivity index (χ2v) is 7.61. The molecule has 3 heteroatoms. The number of aliphatic hydroxyl groups excluding tert-OH is 1. The minimum absolute atomic E-state index is 0.0438. The summed E-state index contributed by atoms with van der Waals surface area (Å²) in [6.07, 6.45) is 15.5. The molecule has 1 rings (SSSR count). The van der Waals surface area contributed by atoms with E-state index in [2.05, 4.69) is 13.0 Å². The topological polar surface area (TPSA) is 46.5 Å². The molecular formula is C21H38O3. The second kappa shape index (κ2) is 12.5. The van der Waals surface area contributed by atoms with E-state index >= 15 is 0 Å². The number of carbonyl (C=O) groups excluding carboxylic acids is 1. The Morgan fingerprint density at radius 3 is 2.21 bits per heavy atom. The third kappa shape index (κ3) is 8.86. The zero-order valence-corrected chi connectivity index (χ0v) is 16.1. The van der Waals surface area contributed by atoms with Crippen molar-refractivity contribution in [2.24, 2.45) is 5.92 Å². The van der Waals surface area contributed by atoms with Gasteiger partial charge in [-0.05, 0) is 26.7 Å². The third-order valence-electron chi connectivity index (χ3n) is 4.94. The number of allylic oxidation sites excluding steroid dienone is 2. The van der Waals surface area contributed by atoms with E-state index in [0.717, 1.165) is 19.3 Å². The molecule has 0 aromatic heterocycles. The number of aliphatic hydroxyl groups is 1. The second-order valence-electron chi connectivity index (χ2n) is 7.61. The Bertz CT molecular complexity index is 371. The van der Waals surface area contributed by atoms with Crippen LogP contribution in [0.1, 0.15) is 97.8 Å². The summed E-state index contributed by atoms with van der Waals surface area (Å²) in [5.41, 5.74) is 1.23. The van der Waals surface area contributed by atoms with Gasteiger partial charge in [0.15, 0.2) is 0 Å². The molecule has 0 aromatic rings. The van der Waals surface area contributed by atoms with Gasteiger partial charge in [-0.2, -0.15) is 0 Å². The van der Waals surface area contributed by atoms with Crippen LogP contribution < -0.4 is 0 Å². The van der Waals surface area contributed by atoms with Gasteiger partial charge in [0.25, 0.3) is 0 Å². The molecular weight excluding hydrogens is 300 g/mol. The Balaban J connectivity index is 2.02. The molecule has 1 fully saturated rings. The van der Waals surface area contributed by atoms with Crippen LogP contribution >= 0.6 is 0 Å². The summed E-state index contributed by atoms with van der Waals surface area (Å²) in [7, 11) is 0. The standard InChI is InChI=1S/C21H38O3/c1-4-5-6-7-8-9-10-11-12-13-18(22)16-20-19(21(23)24-20)15-14-17(2)3/h14,18-20,22H,4-13,15-16H2,1-3H3/t18-,19+,20+/m0/s1. The van der Waals surface area contributed by atoms with Crippen molar-refractivity contribution in [1.82, 2.24) is 0 Å². The normalized spacial score (nSPS) is 21.1. The van der Waals surface area contributed by atoms with Crippen molar-refractivity contribution in [3.05, 3.63) is 11.6 Å². The molecule has 1 aliphatic rings. The smallest absolute Gasteiger partial charge is 0.313 e. The molecule has 0 unspecified atom stereocenters. The number of hydrogen-bond acceptors (Lipinski definition) is 3. The fourth-order valence-electron chi connectivity index (χ4n) is 3.30. The number of hydrogen-bond donors (Lipinski definition) is 1. The number of unbranched alkanes of at least 4 members (excludes halogenated alkanes) is 8. The van der Waals surface area contributed by atoms with Crippen molar-refractivity contribution in [2.45, 2.75) is 110 Å². The number of cyclic esters (lactones) is 1. The maximum atomic E-state index is 11.5. The van der Waals surface area contributed by atoms with Crippen molar-refractivity contribution in [3.8, 4) is 0 Å². The molecule has 0 aliphatic carbocycles. The fourth-order valence-corrected chi connectivity index (χ4v) is 3.30. The number of ether oxygens (including phenoxy) is 1. The lowest BCUT2D eigenvalue weighted by Crippen LogP contribution is -2.46. The SMILES string of the molecule is CCCCCCCCCCC[C@H](O)C[C@H]1OC(=O)[C@@H]1CC=C(C)C. The summed E-state index contributed by atoms with van der Waals surface area (Å²) in [4.78, 5) is 11.5. The van der Waals surface area contributed by atoms with Crippen LogP contribution in [0.4, 0.5) is 0 Å². The van der Waals surface area contributed by atoms with Gasteiger partial charge in [-0.15, -0.1) is 0 Å². The first-order valence-corrected chi connectivity index (χ1v) is 10.1. The molecule has 0 bridgehead atoms. The van der Waals surface area contributed by atoms with Crippen LogP contribution in [0.2, 0.25) is 0 Å². The molecule has 140 valence electrons. The monoisotopic (exact) mass is 338 g/mol. The van der Waals surface area contributed by atoms with Gasteiger partial charge < -0.3 is 9.84 Å². The Hall–Kier alpha value is -0.830. The summed E-state index contributed by atoms with van der Waals surface area (Å²) in [6.45, 7) is 6.33. The van der Waals surface area contributed by atoms with E-state index < -0.39 is 0 Å². The van der Waals surface area contributed by atoms with Crippen LogP contribution in [0.3, 0.4) is 0 Å². The first-order chi connectivity index (χ1) is 11.5. The lowest BCUT2D eigenvalue weighted by Gasteiger charge is -2.36. The number of rotatable bonds is 14. The van der Waals surface area contributed by atoms with Crippen molar-refractivity contribution in [1.29, 1.82) is 0 Å². The molecule has 3 atom stereocenters. The molecule has 0 spiro atoms. The first-order valence-electron chi connectivity index (χ1n) is 10.1. The van der Waals surface area contributed by atoms with Crippen LogP contribution in [0, 0.1) is 5.92 Å². The van der Waals surface area contributed by atoms with Gasteiger partial charge >= 0.3 is 5.97 Å². The van der Waals surface area contributed by atoms with E-state index in [4.69, 9.17) is 4.74 Å². The van der Waals surface area contributed by atoms with Gasteiger partial charge in [0.2, 0.25) is 0 Å². The van der Waals surface area contributed by atoms with Crippen molar-refractivity contribution in [3.63, 3.8) is 0 Å². The van der Waals surface area contributed by atoms with Gasteiger partial charge in [-0.3, -0.25) is 4.79 Å². The highest BCUT2D eigenvalue weighted by Crippen LogP contribution is 2.30. The number of carbonyl (C=O) groups is 1. The van der Waals surface area contributed by atoms with Gasteiger partial charge in [0, 0.05) is 6.42 Å². The van der Waals surface area contributed by atoms with Crippen LogP contribution in [-0.4, -0.2) is 23.3 Å². The Morgan fingerprint density at radius 1 is 1.08 bits per heavy atom. The van der Waals surface area contributed by atoms with Crippen LogP contribution in [-0.2, 0) is 9.53 Å². The molecule has 1 saturated heterocycles. The van der Waals surface area contributed by atoms with E-state index in [-0.39, 0.29) is 24.1 Å². The zero-order valence-electron chi connectivity index (χ0n) is 16.1. The van der Waals surface area contributed by atoms with Crippen molar-refractivity contribution >= 4 is 5.97 Å². The van der Waals surface area contributed by atoms with Gasteiger partial charge in [0.05, 0.1) is 12.0 Å². The molecule has 0 saturated carbocycles.